The molecule has 12 heteroatoms. The van der Waals surface area contributed by atoms with Gasteiger partial charge in [0, 0.05) is 37.8 Å². The zero-order valence-corrected chi connectivity index (χ0v) is 16.7. The standard InChI is InChI=1S/C20H19F3N4O5/c21-20(22,23)14-3-6-16(17(11-14)27(30)31)25-7-9-26(10-8-25)18(28)12-32-15-4-1-13(2-5-15)19(24)29/h1-6,11H,7-10,12H2,(H2,24,29). The highest BCUT2D eigenvalue weighted by Gasteiger charge is 2.34. The largest absolute Gasteiger partial charge is 0.484 e. The number of anilines is 1. The molecule has 1 saturated heterocycles. The van der Waals surface area contributed by atoms with Crippen molar-refractivity contribution in [3.05, 3.63) is 63.7 Å². The van der Waals surface area contributed by atoms with Crippen molar-refractivity contribution in [2.24, 2.45) is 5.73 Å². The van der Waals surface area contributed by atoms with Gasteiger partial charge in [-0.15, -0.1) is 0 Å². The molecule has 0 aliphatic carbocycles. The molecule has 32 heavy (non-hydrogen) atoms. The molecule has 0 spiro atoms. The van der Waals surface area contributed by atoms with Crippen LogP contribution >= 0.6 is 0 Å². The summed E-state index contributed by atoms with van der Waals surface area (Å²) in [5.74, 6) is -0.522. The van der Waals surface area contributed by atoms with Gasteiger partial charge in [0.15, 0.2) is 6.61 Å². The van der Waals surface area contributed by atoms with Crippen molar-refractivity contribution in [3.63, 3.8) is 0 Å². The van der Waals surface area contributed by atoms with Crippen molar-refractivity contribution >= 4 is 23.2 Å². The van der Waals surface area contributed by atoms with Crippen LogP contribution in [0.2, 0.25) is 0 Å². The Labute approximate surface area is 180 Å². The van der Waals surface area contributed by atoms with Crippen LogP contribution in [0, 0.1) is 10.1 Å². The summed E-state index contributed by atoms with van der Waals surface area (Å²) in [4.78, 5) is 37.0. The first-order valence-corrected chi connectivity index (χ1v) is 9.47. The molecule has 0 saturated carbocycles. The van der Waals surface area contributed by atoms with E-state index in [1.165, 1.54) is 29.2 Å². The number of alkyl halides is 3. The van der Waals surface area contributed by atoms with Gasteiger partial charge in [0.2, 0.25) is 5.91 Å². The summed E-state index contributed by atoms with van der Waals surface area (Å²) in [6.45, 7) is 0.620. The van der Waals surface area contributed by atoms with Gasteiger partial charge in [0.25, 0.3) is 11.6 Å². The predicted octanol–water partition coefficient (Wildman–Crippen LogP) is 2.44. The van der Waals surface area contributed by atoms with Gasteiger partial charge in [-0.3, -0.25) is 19.7 Å². The quantitative estimate of drug-likeness (QED) is 0.531. The molecule has 2 aromatic rings. The number of nitro benzene ring substituents is 1. The lowest BCUT2D eigenvalue weighted by Crippen LogP contribution is -2.50. The number of hydrogen-bond acceptors (Lipinski definition) is 6. The van der Waals surface area contributed by atoms with Gasteiger partial charge in [-0.1, -0.05) is 0 Å². The molecule has 1 fully saturated rings. The van der Waals surface area contributed by atoms with Crippen LogP contribution in [-0.4, -0.2) is 54.4 Å². The molecule has 1 heterocycles. The molecule has 0 unspecified atom stereocenters. The van der Waals surface area contributed by atoms with Crippen molar-refractivity contribution < 1.29 is 32.4 Å². The topological polar surface area (TPSA) is 119 Å². The number of nitrogens with zero attached hydrogens (tertiary/aromatic N) is 3. The van der Waals surface area contributed by atoms with E-state index >= 15 is 0 Å². The highest BCUT2D eigenvalue weighted by Crippen LogP contribution is 2.36. The van der Waals surface area contributed by atoms with E-state index in [0.29, 0.717) is 17.4 Å². The number of carbonyl (C=O) groups excluding carboxylic acids is 2. The summed E-state index contributed by atoms with van der Waals surface area (Å²) in [6, 6.07) is 8.36. The summed E-state index contributed by atoms with van der Waals surface area (Å²) in [5, 5.41) is 11.3. The maximum absolute atomic E-state index is 12.9. The van der Waals surface area contributed by atoms with E-state index in [9.17, 15) is 32.9 Å². The van der Waals surface area contributed by atoms with E-state index < -0.39 is 28.3 Å². The smallest absolute Gasteiger partial charge is 0.416 e. The van der Waals surface area contributed by atoms with Gasteiger partial charge in [-0.25, -0.2) is 0 Å². The number of halogens is 3. The lowest BCUT2D eigenvalue weighted by Gasteiger charge is -2.35. The average molecular weight is 452 g/mol. The molecule has 0 bridgehead atoms. The lowest BCUT2D eigenvalue weighted by molar-refractivity contribution is -0.384. The second-order valence-corrected chi connectivity index (χ2v) is 7.00. The number of hydrogen-bond donors (Lipinski definition) is 1. The molecule has 170 valence electrons. The molecular formula is C20H19F3N4O5. The van der Waals surface area contributed by atoms with E-state index in [4.69, 9.17) is 10.5 Å². The number of nitrogens with two attached hydrogens (primary N) is 1. The molecule has 2 aromatic carbocycles. The minimum Gasteiger partial charge on any atom is -0.484 e. The van der Waals surface area contributed by atoms with Crippen molar-refractivity contribution in [3.8, 4) is 5.75 Å². The second-order valence-electron chi connectivity index (χ2n) is 7.00. The zero-order chi connectivity index (χ0) is 23.5. The molecule has 1 aliphatic rings. The first-order valence-electron chi connectivity index (χ1n) is 9.47. The third kappa shape index (κ3) is 5.25. The number of carbonyl (C=O) groups is 2. The lowest BCUT2D eigenvalue weighted by atomic mass is 10.1. The molecule has 3 rings (SSSR count). The minimum absolute atomic E-state index is 0.0703. The highest BCUT2D eigenvalue weighted by atomic mass is 19.4. The number of primary amides is 1. The van der Waals surface area contributed by atoms with E-state index in [1.54, 1.807) is 4.90 Å². The molecule has 1 aliphatic heterocycles. The molecular weight excluding hydrogens is 433 g/mol. The van der Waals surface area contributed by atoms with Gasteiger partial charge >= 0.3 is 6.18 Å². The Morgan fingerprint density at radius 2 is 1.69 bits per heavy atom. The van der Waals surface area contributed by atoms with Crippen molar-refractivity contribution in [2.75, 3.05) is 37.7 Å². The fourth-order valence-corrected chi connectivity index (χ4v) is 3.26. The van der Waals surface area contributed by atoms with Crippen LogP contribution < -0.4 is 15.4 Å². The first kappa shape index (κ1) is 22.8. The van der Waals surface area contributed by atoms with Crippen LogP contribution in [0.25, 0.3) is 0 Å². The molecule has 0 aromatic heterocycles. The molecule has 0 radical (unpaired) electrons. The van der Waals surface area contributed by atoms with Crippen LogP contribution in [0.1, 0.15) is 15.9 Å². The van der Waals surface area contributed by atoms with Crippen molar-refractivity contribution in [2.45, 2.75) is 6.18 Å². The fraction of sp³-hybridized carbons (Fsp3) is 0.300. The Morgan fingerprint density at radius 1 is 1.06 bits per heavy atom. The summed E-state index contributed by atoms with van der Waals surface area (Å²) >= 11 is 0. The number of amides is 2. The van der Waals surface area contributed by atoms with E-state index in [-0.39, 0.29) is 44.4 Å². The van der Waals surface area contributed by atoms with E-state index in [2.05, 4.69) is 0 Å². The summed E-state index contributed by atoms with van der Waals surface area (Å²) in [5.41, 5.74) is 3.80. The first-order chi connectivity index (χ1) is 15.1. The number of rotatable bonds is 6. The SMILES string of the molecule is NC(=O)c1ccc(OCC(=O)N2CCN(c3ccc(C(F)(F)F)cc3[N+](=O)[O-])CC2)cc1. The Balaban J connectivity index is 1.59. The number of benzene rings is 2. The van der Waals surface area contributed by atoms with Gasteiger partial charge in [-0.05, 0) is 36.4 Å². The Bertz CT molecular complexity index is 1020. The molecule has 0 atom stereocenters. The van der Waals surface area contributed by atoms with Crippen LogP contribution in [0.3, 0.4) is 0 Å². The Hall–Kier alpha value is -3.83. The molecule has 2 amide bonds. The number of nitro groups is 1. The predicted molar refractivity (Wildman–Crippen MR) is 107 cm³/mol. The van der Waals surface area contributed by atoms with Gasteiger partial charge in [0.05, 0.1) is 10.5 Å². The Kier molecular flexibility index (Phi) is 6.51. The van der Waals surface area contributed by atoms with Crippen molar-refractivity contribution in [1.29, 1.82) is 0 Å². The highest BCUT2D eigenvalue weighted by molar-refractivity contribution is 5.92. The maximum Gasteiger partial charge on any atom is 0.416 e. The van der Waals surface area contributed by atoms with Crippen LogP contribution in [-0.2, 0) is 11.0 Å². The second kappa shape index (κ2) is 9.12. The zero-order valence-electron chi connectivity index (χ0n) is 16.7. The third-order valence-corrected chi connectivity index (χ3v) is 4.97. The van der Waals surface area contributed by atoms with Crippen LogP contribution in [0.5, 0.6) is 5.75 Å². The number of ether oxygens (including phenoxy) is 1. The summed E-state index contributed by atoms with van der Waals surface area (Å²) < 4.78 is 44.1. The Morgan fingerprint density at radius 3 is 2.22 bits per heavy atom. The maximum atomic E-state index is 12.9. The summed E-state index contributed by atoms with van der Waals surface area (Å²) in [7, 11) is 0. The van der Waals surface area contributed by atoms with Crippen LogP contribution in [0.15, 0.2) is 42.5 Å². The van der Waals surface area contributed by atoms with Crippen LogP contribution in [0.4, 0.5) is 24.5 Å². The molecule has 2 N–H and O–H groups in total. The van der Waals surface area contributed by atoms with Crippen molar-refractivity contribution in [1.82, 2.24) is 4.90 Å². The number of piperazine rings is 1. The normalized spacial score (nSPS) is 14.2. The molecule has 9 nitrogen and oxygen atoms in total. The third-order valence-electron chi connectivity index (χ3n) is 4.97. The monoisotopic (exact) mass is 452 g/mol. The van der Waals surface area contributed by atoms with Gasteiger partial charge in [-0.2, -0.15) is 13.2 Å². The van der Waals surface area contributed by atoms with E-state index in [1.807, 2.05) is 0 Å². The summed E-state index contributed by atoms with van der Waals surface area (Å²) in [6.07, 6.45) is -4.69. The van der Waals surface area contributed by atoms with E-state index in [0.717, 1.165) is 12.1 Å². The van der Waals surface area contributed by atoms with Gasteiger partial charge in [0.1, 0.15) is 11.4 Å². The average Bonchev–Trinajstić information content (AvgIpc) is 2.76. The van der Waals surface area contributed by atoms with Gasteiger partial charge < -0.3 is 20.3 Å². The fourth-order valence-electron chi connectivity index (χ4n) is 3.26. The minimum atomic E-state index is -4.69.